The number of aliphatic imine (C=N–C) groups is 1. The zero-order valence-electron chi connectivity index (χ0n) is 22.1. The van der Waals surface area contributed by atoms with Crippen LogP contribution >= 0.6 is 23.4 Å². The molecule has 3 heterocycles. The number of halogens is 1. The summed E-state index contributed by atoms with van der Waals surface area (Å²) in [4.78, 5) is 33.6. The lowest BCUT2D eigenvalue weighted by Crippen LogP contribution is -2.38. The second-order valence-electron chi connectivity index (χ2n) is 9.41. The summed E-state index contributed by atoms with van der Waals surface area (Å²) in [6, 6.07) is 21.9. The number of hydrogen-bond donors (Lipinski definition) is 1. The number of thioether (sulfide) groups is 1. The Morgan fingerprint density at radius 1 is 1.07 bits per heavy atom. The molecule has 0 fully saturated rings. The third-order valence-electron chi connectivity index (χ3n) is 6.82. The van der Waals surface area contributed by atoms with E-state index in [4.69, 9.17) is 30.8 Å². The number of carbonyl (C=O) groups is 2. The topological polar surface area (TPSA) is 89.5 Å². The van der Waals surface area contributed by atoms with Crippen molar-refractivity contribution in [3.05, 3.63) is 111 Å². The van der Waals surface area contributed by atoms with Crippen LogP contribution in [0, 0.1) is 0 Å². The van der Waals surface area contributed by atoms with Crippen molar-refractivity contribution in [2.45, 2.75) is 25.9 Å². The Hall–Kier alpha value is -4.21. The van der Waals surface area contributed by atoms with Crippen molar-refractivity contribution < 1.29 is 23.8 Å². The molecule has 0 radical (unpaired) electrons. The molecule has 1 atom stereocenters. The van der Waals surface area contributed by atoms with E-state index < -0.39 is 12.0 Å². The summed E-state index contributed by atoms with van der Waals surface area (Å²) in [5.41, 5.74) is 3.99. The number of nitrogens with zero attached hydrogens (tertiary/aromatic N) is 2. The molecule has 3 aromatic rings. The normalized spacial score (nSPS) is 17.1. The average Bonchev–Trinajstić information content (AvgIpc) is 3.63. The van der Waals surface area contributed by atoms with E-state index in [2.05, 4.69) is 5.32 Å². The number of fused-ring (bicyclic) bond motifs is 2. The lowest BCUT2D eigenvalue weighted by atomic mass is 9.91. The molecule has 0 aromatic heterocycles. The number of hydrogen-bond acceptors (Lipinski definition) is 8. The van der Waals surface area contributed by atoms with Gasteiger partial charge in [0, 0.05) is 22.8 Å². The molecule has 1 unspecified atom stereocenters. The summed E-state index contributed by atoms with van der Waals surface area (Å²) in [6.45, 7) is 2.49. The minimum absolute atomic E-state index is 0.0777. The van der Waals surface area contributed by atoms with E-state index >= 15 is 0 Å². The number of carbonyl (C=O) groups excluding carboxylic acids is 2. The number of benzene rings is 3. The number of amidine groups is 1. The van der Waals surface area contributed by atoms with Crippen LogP contribution < -0.4 is 14.8 Å². The van der Waals surface area contributed by atoms with Gasteiger partial charge in [-0.05, 0) is 41.7 Å². The Bertz CT molecular complexity index is 1600. The first-order valence-corrected chi connectivity index (χ1v) is 14.4. The summed E-state index contributed by atoms with van der Waals surface area (Å²) >= 11 is 8.14. The smallest absolute Gasteiger partial charge is 0.338 e. The van der Waals surface area contributed by atoms with E-state index in [0.717, 1.165) is 11.1 Å². The largest absolute Gasteiger partial charge is 0.463 e. The van der Waals surface area contributed by atoms with Crippen molar-refractivity contribution in [1.29, 1.82) is 0 Å². The summed E-state index contributed by atoms with van der Waals surface area (Å²) in [5.74, 6) is 0.693. The van der Waals surface area contributed by atoms with E-state index in [1.807, 2.05) is 77.0 Å². The maximum absolute atomic E-state index is 13.6. The predicted octanol–water partition coefficient (Wildman–Crippen LogP) is 6.05. The molecule has 41 heavy (non-hydrogen) atoms. The van der Waals surface area contributed by atoms with Crippen LogP contribution in [0.4, 0.5) is 0 Å². The van der Waals surface area contributed by atoms with Crippen LogP contribution in [-0.4, -0.2) is 35.3 Å². The van der Waals surface area contributed by atoms with Crippen molar-refractivity contribution in [1.82, 2.24) is 10.2 Å². The summed E-state index contributed by atoms with van der Waals surface area (Å²) in [6.07, 6.45) is 0.0777. The number of rotatable bonds is 8. The molecule has 10 heteroatoms. The van der Waals surface area contributed by atoms with Crippen LogP contribution in [-0.2, 0) is 20.9 Å². The Morgan fingerprint density at radius 2 is 1.85 bits per heavy atom. The van der Waals surface area contributed by atoms with Crippen LogP contribution in [0.3, 0.4) is 0 Å². The first-order valence-electron chi connectivity index (χ1n) is 13.1. The monoisotopic (exact) mass is 587 g/mol. The maximum Gasteiger partial charge on any atom is 0.338 e. The van der Waals surface area contributed by atoms with Crippen molar-refractivity contribution in [2.24, 2.45) is 4.99 Å². The van der Waals surface area contributed by atoms with Gasteiger partial charge in [0.2, 0.25) is 12.7 Å². The van der Waals surface area contributed by atoms with Gasteiger partial charge in [0.25, 0.3) is 0 Å². The van der Waals surface area contributed by atoms with Gasteiger partial charge in [-0.25, -0.2) is 9.79 Å². The third kappa shape index (κ3) is 5.42. The maximum atomic E-state index is 13.6. The second-order valence-corrected chi connectivity index (χ2v) is 10.6. The molecule has 0 aliphatic carbocycles. The molecule has 0 bridgehead atoms. The van der Waals surface area contributed by atoms with Gasteiger partial charge < -0.3 is 24.4 Å². The highest BCUT2D eigenvalue weighted by atomic mass is 35.5. The number of esters is 1. The first kappa shape index (κ1) is 27.0. The highest BCUT2D eigenvalue weighted by molar-refractivity contribution is 8.16. The van der Waals surface area contributed by atoms with Crippen LogP contribution in [0.15, 0.2) is 94.5 Å². The minimum Gasteiger partial charge on any atom is -0.463 e. The van der Waals surface area contributed by atoms with Crippen LogP contribution in [0.5, 0.6) is 11.5 Å². The number of nitrogens with one attached hydrogen (secondary N) is 1. The standard InChI is InChI=1S/C31H26ClN3O5S/c1-2-38-30(37)27-28(20-8-4-3-5-9-20)34-31-35(29(27)22-10-6-7-11-23(22)32)21(17-41-31)15-26(36)33-16-19-12-13-24-25(14-19)40-18-39-24/h3-14,17,29H,2,15-16,18H2,1H3,(H,33,36). The molecular weight excluding hydrogens is 562 g/mol. The van der Waals surface area contributed by atoms with Gasteiger partial charge in [0.1, 0.15) is 0 Å². The molecule has 1 amide bonds. The lowest BCUT2D eigenvalue weighted by Gasteiger charge is -2.37. The van der Waals surface area contributed by atoms with Crippen molar-refractivity contribution in [3.63, 3.8) is 0 Å². The molecule has 8 nitrogen and oxygen atoms in total. The lowest BCUT2D eigenvalue weighted by molar-refractivity contribution is -0.139. The van der Waals surface area contributed by atoms with Gasteiger partial charge in [0.05, 0.1) is 30.3 Å². The average molecular weight is 588 g/mol. The number of amides is 1. The first-order chi connectivity index (χ1) is 20.0. The van der Waals surface area contributed by atoms with Gasteiger partial charge in [-0.15, -0.1) is 0 Å². The predicted molar refractivity (Wildman–Crippen MR) is 158 cm³/mol. The fourth-order valence-electron chi connectivity index (χ4n) is 4.96. The molecule has 3 aliphatic heterocycles. The Balaban J connectivity index is 1.32. The molecule has 3 aliphatic rings. The molecule has 1 N–H and O–H groups in total. The van der Waals surface area contributed by atoms with E-state index in [9.17, 15) is 9.59 Å². The van der Waals surface area contributed by atoms with Gasteiger partial charge >= 0.3 is 5.97 Å². The Morgan fingerprint density at radius 3 is 2.66 bits per heavy atom. The van der Waals surface area contributed by atoms with Crippen LogP contribution in [0.25, 0.3) is 5.70 Å². The fourth-order valence-corrected chi connectivity index (χ4v) is 6.12. The number of ether oxygens (including phenoxy) is 3. The summed E-state index contributed by atoms with van der Waals surface area (Å²) in [5, 5.41) is 6.04. The molecule has 0 saturated heterocycles. The molecule has 6 rings (SSSR count). The van der Waals surface area contributed by atoms with Crippen LogP contribution in [0.1, 0.15) is 36.1 Å². The van der Waals surface area contributed by atoms with Gasteiger partial charge in [-0.3, -0.25) is 4.79 Å². The third-order valence-corrected chi connectivity index (χ3v) is 8.05. The minimum atomic E-state index is -0.645. The highest BCUT2D eigenvalue weighted by Gasteiger charge is 2.43. The Labute approximate surface area is 246 Å². The van der Waals surface area contributed by atoms with E-state index in [-0.39, 0.29) is 25.7 Å². The van der Waals surface area contributed by atoms with Crippen molar-refractivity contribution in [3.8, 4) is 11.5 Å². The van der Waals surface area contributed by atoms with E-state index in [1.165, 1.54) is 11.8 Å². The molecule has 3 aromatic carbocycles. The highest BCUT2D eigenvalue weighted by Crippen LogP contribution is 2.48. The second kappa shape index (κ2) is 11.7. The molecule has 0 spiro atoms. The van der Waals surface area contributed by atoms with Crippen molar-refractivity contribution >= 4 is 46.1 Å². The molecular formula is C31H26ClN3O5S. The van der Waals surface area contributed by atoms with Gasteiger partial charge in [-0.2, -0.15) is 0 Å². The molecule has 0 saturated carbocycles. The summed E-state index contributed by atoms with van der Waals surface area (Å²) in [7, 11) is 0. The van der Waals surface area contributed by atoms with E-state index in [1.54, 1.807) is 13.0 Å². The zero-order valence-corrected chi connectivity index (χ0v) is 23.7. The quantitative estimate of drug-likeness (QED) is 0.321. The summed E-state index contributed by atoms with van der Waals surface area (Å²) < 4.78 is 16.4. The SMILES string of the molecule is CCOC(=O)C1=C(c2ccccc2)N=C2SC=C(CC(=O)NCc3ccc4c(c3)OCO4)N2C1c1ccccc1Cl. The Kier molecular flexibility index (Phi) is 7.71. The zero-order chi connectivity index (χ0) is 28.3. The van der Waals surface area contributed by atoms with Gasteiger partial charge in [0.15, 0.2) is 16.7 Å². The van der Waals surface area contributed by atoms with Gasteiger partial charge in [-0.1, -0.05) is 78.0 Å². The fraction of sp³-hybridized carbons (Fsp3) is 0.194. The van der Waals surface area contributed by atoms with Crippen molar-refractivity contribution in [2.75, 3.05) is 13.4 Å². The van der Waals surface area contributed by atoms with Crippen LogP contribution in [0.2, 0.25) is 5.02 Å². The molecule has 208 valence electrons. The van der Waals surface area contributed by atoms with E-state index in [0.29, 0.717) is 50.8 Å².